The Hall–Kier alpha value is -3.38. The number of fused-ring (bicyclic) bond motifs is 1. The van der Waals surface area contributed by atoms with Gasteiger partial charge in [-0.3, -0.25) is 19.1 Å². The third-order valence-corrected chi connectivity index (χ3v) is 5.40. The summed E-state index contributed by atoms with van der Waals surface area (Å²) < 4.78 is 19.0. The molecule has 32 heavy (non-hydrogen) atoms. The molecule has 0 radical (unpaired) electrons. The highest BCUT2D eigenvalue weighted by atomic mass is 19.3. The molecule has 1 saturated heterocycles. The minimum atomic E-state index is -1.65. The molecule has 4 N–H and O–H groups in total. The second kappa shape index (κ2) is 9.01. The van der Waals surface area contributed by atoms with Crippen LogP contribution in [0.4, 0.5) is 4.53 Å². The summed E-state index contributed by atoms with van der Waals surface area (Å²) >= 11 is 0. The number of ether oxygens (including phenoxy) is 1. The first-order chi connectivity index (χ1) is 15.4. The molecule has 0 bridgehead atoms. The van der Waals surface area contributed by atoms with Crippen molar-refractivity contribution in [1.82, 2.24) is 14.9 Å². The maximum atomic E-state index is 13.0. The summed E-state index contributed by atoms with van der Waals surface area (Å²) in [6, 6.07) is 13.2. The van der Waals surface area contributed by atoms with E-state index in [0.29, 0.717) is 0 Å². The molecule has 0 unspecified atom stereocenters. The summed E-state index contributed by atoms with van der Waals surface area (Å²) in [5.41, 5.74) is -1.55. The summed E-state index contributed by atoms with van der Waals surface area (Å²) in [6.45, 7) is -0.547. The van der Waals surface area contributed by atoms with Crippen LogP contribution < -0.4 is 16.6 Å². The SMILES string of the molecule is O=C(NCc1cccc2ccccc12)c1cn([C@@H]2O[C@H](CO)[C@H](O)[C@H]2OF)c(=O)[nH]c1=O. The van der Waals surface area contributed by atoms with E-state index in [1.165, 1.54) is 0 Å². The van der Waals surface area contributed by atoms with E-state index in [2.05, 4.69) is 10.3 Å². The molecule has 1 aromatic heterocycles. The normalized spacial score (nSPS) is 22.8. The highest BCUT2D eigenvalue weighted by Gasteiger charge is 2.47. The van der Waals surface area contributed by atoms with Gasteiger partial charge >= 0.3 is 5.69 Å². The molecule has 0 saturated carbocycles. The van der Waals surface area contributed by atoms with Gasteiger partial charge in [-0.05, 0) is 20.9 Å². The largest absolute Gasteiger partial charge is 0.394 e. The molecule has 1 aliphatic heterocycles. The number of aromatic nitrogens is 2. The average Bonchev–Trinajstić information content (AvgIpc) is 3.12. The van der Waals surface area contributed by atoms with Crippen molar-refractivity contribution >= 4 is 16.7 Å². The van der Waals surface area contributed by atoms with Crippen LogP contribution in [-0.2, 0) is 16.2 Å². The first-order valence-corrected chi connectivity index (χ1v) is 9.76. The molecule has 10 nitrogen and oxygen atoms in total. The van der Waals surface area contributed by atoms with Crippen LogP contribution in [-0.4, -0.2) is 50.6 Å². The molecule has 0 aliphatic carbocycles. The zero-order chi connectivity index (χ0) is 22.8. The summed E-state index contributed by atoms with van der Waals surface area (Å²) in [4.78, 5) is 42.9. The molecule has 1 amide bonds. The number of rotatable bonds is 6. The third kappa shape index (κ3) is 3.94. The number of H-pyrrole nitrogens is 1. The van der Waals surface area contributed by atoms with E-state index in [1.54, 1.807) is 0 Å². The molecule has 1 fully saturated rings. The van der Waals surface area contributed by atoms with E-state index in [9.17, 15) is 29.1 Å². The Morgan fingerprint density at radius 3 is 2.72 bits per heavy atom. The van der Waals surface area contributed by atoms with Crippen molar-refractivity contribution in [2.75, 3.05) is 6.61 Å². The highest BCUT2D eigenvalue weighted by Crippen LogP contribution is 2.30. The quantitative estimate of drug-likeness (QED) is 0.423. The van der Waals surface area contributed by atoms with Crippen molar-refractivity contribution in [3.8, 4) is 0 Å². The lowest BCUT2D eigenvalue weighted by molar-refractivity contribution is -0.221. The van der Waals surface area contributed by atoms with Crippen molar-refractivity contribution in [3.63, 3.8) is 0 Å². The van der Waals surface area contributed by atoms with Gasteiger partial charge in [-0.15, -0.1) is 0 Å². The van der Waals surface area contributed by atoms with E-state index in [4.69, 9.17) is 4.74 Å². The van der Waals surface area contributed by atoms with Gasteiger partial charge in [0.05, 0.1) is 6.61 Å². The van der Waals surface area contributed by atoms with Gasteiger partial charge in [0.15, 0.2) is 12.3 Å². The molecule has 2 aromatic carbocycles. The first-order valence-electron chi connectivity index (χ1n) is 9.76. The number of hydrogen-bond donors (Lipinski definition) is 4. The Kier molecular flexibility index (Phi) is 6.15. The van der Waals surface area contributed by atoms with Crippen LogP contribution >= 0.6 is 0 Å². The van der Waals surface area contributed by atoms with Crippen molar-refractivity contribution in [3.05, 3.63) is 80.6 Å². The number of aliphatic hydroxyl groups excluding tert-OH is 2. The van der Waals surface area contributed by atoms with Gasteiger partial charge in [0.1, 0.15) is 17.8 Å². The number of carbonyl (C=O) groups is 1. The van der Waals surface area contributed by atoms with Crippen LogP contribution in [0, 0.1) is 0 Å². The Bertz CT molecular complexity index is 1250. The third-order valence-electron chi connectivity index (χ3n) is 5.40. The molecule has 168 valence electrons. The molecule has 1 aliphatic rings. The standard InChI is InChI=1S/C21H20FN3O7/c22-32-17-16(27)15(10-26)31-20(17)25-9-14(19(29)24-21(25)30)18(28)23-8-12-6-3-5-11-4-1-2-7-13(11)12/h1-7,9,15-17,20,26-27H,8,10H2,(H,23,28)(H,24,29,30)/t15-,16+,17-,20-/m1/s1. The zero-order valence-electron chi connectivity index (χ0n) is 16.6. The van der Waals surface area contributed by atoms with Gasteiger partial charge in [-0.2, -0.15) is 4.94 Å². The van der Waals surface area contributed by atoms with Gasteiger partial charge in [-0.25, -0.2) is 4.79 Å². The summed E-state index contributed by atoms with van der Waals surface area (Å²) in [7, 11) is 0. The van der Waals surface area contributed by atoms with E-state index in [0.717, 1.165) is 27.1 Å². The minimum Gasteiger partial charge on any atom is -0.394 e. The highest BCUT2D eigenvalue weighted by molar-refractivity contribution is 5.94. The van der Waals surface area contributed by atoms with Crippen LogP contribution in [0.2, 0.25) is 0 Å². The zero-order valence-corrected chi connectivity index (χ0v) is 16.6. The fraction of sp³-hybridized carbons (Fsp3) is 0.286. The molecule has 11 heteroatoms. The van der Waals surface area contributed by atoms with Crippen LogP contribution in [0.5, 0.6) is 0 Å². The molecule has 0 spiro atoms. The lowest BCUT2D eigenvalue weighted by Crippen LogP contribution is -2.41. The van der Waals surface area contributed by atoms with E-state index in [-0.39, 0.29) is 6.54 Å². The number of benzene rings is 2. The Morgan fingerprint density at radius 1 is 1.22 bits per heavy atom. The summed E-state index contributed by atoms with van der Waals surface area (Å²) in [6.07, 6.45) is -5.05. The number of aliphatic hydroxyl groups is 2. The average molecular weight is 445 g/mol. The monoisotopic (exact) mass is 445 g/mol. The predicted octanol–water partition coefficient (Wildman–Crippen LogP) is 0.140. The number of aromatic amines is 1. The summed E-state index contributed by atoms with van der Waals surface area (Å²) in [5, 5.41) is 23.8. The molecule has 3 aromatic rings. The van der Waals surface area contributed by atoms with Crippen LogP contribution in [0.25, 0.3) is 10.8 Å². The number of carbonyl (C=O) groups excluding carboxylic acids is 1. The van der Waals surface area contributed by atoms with Crippen LogP contribution in [0.3, 0.4) is 0 Å². The Balaban J connectivity index is 1.61. The molecular formula is C21H20FN3O7. The van der Waals surface area contributed by atoms with Crippen LogP contribution in [0.1, 0.15) is 22.1 Å². The second-order valence-corrected chi connectivity index (χ2v) is 7.32. The maximum absolute atomic E-state index is 13.0. The first kappa shape index (κ1) is 21.8. The predicted molar refractivity (Wildman–Crippen MR) is 109 cm³/mol. The summed E-state index contributed by atoms with van der Waals surface area (Å²) in [5.74, 6) is -0.775. The van der Waals surface area contributed by atoms with Crippen LogP contribution in [0.15, 0.2) is 58.3 Å². The molecular weight excluding hydrogens is 425 g/mol. The van der Waals surface area contributed by atoms with Gasteiger partial charge in [0, 0.05) is 12.7 Å². The smallest absolute Gasteiger partial charge is 0.330 e. The van der Waals surface area contributed by atoms with Gasteiger partial charge in [0.25, 0.3) is 11.5 Å². The lowest BCUT2D eigenvalue weighted by Gasteiger charge is -2.18. The van der Waals surface area contributed by atoms with E-state index in [1.807, 2.05) is 47.4 Å². The minimum absolute atomic E-state index is 0.111. The molecule has 4 rings (SSSR count). The number of nitrogens with zero attached hydrogens (tertiary/aromatic N) is 1. The maximum Gasteiger partial charge on any atom is 0.330 e. The lowest BCUT2D eigenvalue weighted by atomic mass is 10.0. The van der Waals surface area contributed by atoms with Gasteiger partial charge in [0.2, 0.25) is 0 Å². The number of hydrogen-bond acceptors (Lipinski definition) is 7. The fourth-order valence-corrected chi connectivity index (χ4v) is 3.74. The van der Waals surface area contributed by atoms with E-state index < -0.39 is 53.9 Å². The van der Waals surface area contributed by atoms with Crippen molar-refractivity contribution in [2.45, 2.75) is 31.1 Å². The van der Waals surface area contributed by atoms with Gasteiger partial charge in [-0.1, -0.05) is 42.5 Å². The van der Waals surface area contributed by atoms with Crippen molar-refractivity contribution < 1.29 is 29.2 Å². The second-order valence-electron chi connectivity index (χ2n) is 7.32. The Labute approximate surface area is 179 Å². The number of amides is 1. The Morgan fingerprint density at radius 2 is 1.97 bits per heavy atom. The topological polar surface area (TPSA) is 143 Å². The number of nitrogens with one attached hydrogen (secondary N) is 2. The fourth-order valence-electron chi connectivity index (χ4n) is 3.74. The molecule has 2 heterocycles. The van der Waals surface area contributed by atoms with Gasteiger partial charge < -0.3 is 20.3 Å². The number of halogens is 1. The van der Waals surface area contributed by atoms with Crippen molar-refractivity contribution in [1.29, 1.82) is 0 Å². The van der Waals surface area contributed by atoms with Crippen molar-refractivity contribution in [2.24, 2.45) is 0 Å². The molecule has 4 atom stereocenters. The van der Waals surface area contributed by atoms with E-state index >= 15 is 0 Å².